The first-order chi connectivity index (χ1) is 5.45. The monoisotopic (exact) mass is 184 g/mol. The standard InChI is InChI=1S/C8H15F3O/c1-2-7(12)5-3-4-6-8(9,10)11/h7,12H,2-6H2,1H3. The van der Waals surface area contributed by atoms with Crippen LogP contribution >= 0.6 is 0 Å². The largest absolute Gasteiger partial charge is 0.393 e. The fraction of sp³-hybridized carbons (Fsp3) is 1.00. The predicted octanol–water partition coefficient (Wildman–Crippen LogP) is 2.88. The van der Waals surface area contributed by atoms with Gasteiger partial charge in [-0.05, 0) is 19.3 Å². The Morgan fingerprint density at radius 3 is 2.25 bits per heavy atom. The predicted molar refractivity (Wildman–Crippen MR) is 40.8 cm³/mol. The van der Waals surface area contributed by atoms with E-state index in [4.69, 9.17) is 5.11 Å². The van der Waals surface area contributed by atoms with Crippen molar-refractivity contribution in [3.63, 3.8) is 0 Å². The summed E-state index contributed by atoms with van der Waals surface area (Å²) in [6.07, 6.45) is -3.54. The normalized spacial score (nSPS) is 14.8. The third kappa shape index (κ3) is 7.85. The van der Waals surface area contributed by atoms with Crippen LogP contribution in [-0.2, 0) is 0 Å². The molecule has 0 radical (unpaired) electrons. The fourth-order valence-corrected chi connectivity index (χ4v) is 0.910. The highest BCUT2D eigenvalue weighted by atomic mass is 19.4. The van der Waals surface area contributed by atoms with Gasteiger partial charge in [0.15, 0.2) is 0 Å². The van der Waals surface area contributed by atoms with Crippen molar-refractivity contribution in [1.29, 1.82) is 0 Å². The molecule has 1 N–H and O–H groups in total. The Hall–Kier alpha value is -0.250. The van der Waals surface area contributed by atoms with Gasteiger partial charge in [-0.2, -0.15) is 13.2 Å². The summed E-state index contributed by atoms with van der Waals surface area (Å²) in [6, 6.07) is 0. The lowest BCUT2D eigenvalue weighted by molar-refractivity contribution is -0.135. The van der Waals surface area contributed by atoms with Crippen molar-refractivity contribution in [3.05, 3.63) is 0 Å². The number of aliphatic hydroxyl groups is 1. The number of unbranched alkanes of at least 4 members (excludes halogenated alkanes) is 1. The van der Waals surface area contributed by atoms with Gasteiger partial charge in [-0.25, -0.2) is 0 Å². The van der Waals surface area contributed by atoms with E-state index in [9.17, 15) is 13.2 Å². The lowest BCUT2D eigenvalue weighted by atomic mass is 10.1. The van der Waals surface area contributed by atoms with Crippen molar-refractivity contribution in [2.75, 3.05) is 0 Å². The van der Waals surface area contributed by atoms with Gasteiger partial charge in [0.2, 0.25) is 0 Å². The van der Waals surface area contributed by atoms with Gasteiger partial charge in [0.05, 0.1) is 6.10 Å². The third-order valence-corrected chi connectivity index (χ3v) is 1.72. The summed E-state index contributed by atoms with van der Waals surface area (Å²) in [4.78, 5) is 0. The molecule has 12 heavy (non-hydrogen) atoms. The molecule has 0 saturated heterocycles. The molecule has 1 unspecified atom stereocenters. The first-order valence-electron chi connectivity index (χ1n) is 4.20. The van der Waals surface area contributed by atoms with Crippen LogP contribution in [0.15, 0.2) is 0 Å². The first kappa shape index (κ1) is 11.8. The molecular weight excluding hydrogens is 169 g/mol. The van der Waals surface area contributed by atoms with E-state index in [1.54, 1.807) is 0 Å². The van der Waals surface area contributed by atoms with E-state index in [1.165, 1.54) is 0 Å². The topological polar surface area (TPSA) is 20.2 Å². The minimum atomic E-state index is -4.04. The SMILES string of the molecule is CCC(O)CCCCC(F)(F)F. The molecule has 0 rings (SSSR count). The van der Waals surface area contributed by atoms with Crippen molar-refractivity contribution in [2.24, 2.45) is 0 Å². The number of hydrogen-bond acceptors (Lipinski definition) is 1. The van der Waals surface area contributed by atoms with E-state index in [-0.39, 0.29) is 6.42 Å². The minimum Gasteiger partial charge on any atom is -0.393 e. The fourth-order valence-electron chi connectivity index (χ4n) is 0.910. The van der Waals surface area contributed by atoms with Crippen molar-refractivity contribution in [2.45, 2.75) is 51.3 Å². The quantitative estimate of drug-likeness (QED) is 0.651. The number of rotatable bonds is 5. The van der Waals surface area contributed by atoms with Gasteiger partial charge < -0.3 is 5.11 Å². The first-order valence-corrected chi connectivity index (χ1v) is 4.20. The van der Waals surface area contributed by atoms with Gasteiger partial charge in [0.25, 0.3) is 0 Å². The molecule has 0 saturated carbocycles. The minimum absolute atomic E-state index is 0.126. The Balaban J connectivity index is 3.22. The van der Waals surface area contributed by atoms with Gasteiger partial charge in [0.1, 0.15) is 0 Å². The molecule has 1 nitrogen and oxygen atoms in total. The second-order valence-electron chi connectivity index (χ2n) is 2.92. The Morgan fingerprint density at radius 2 is 1.83 bits per heavy atom. The van der Waals surface area contributed by atoms with Crippen LogP contribution in [0.5, 0.6) is 0 Å². The van der Waals surface area contributed by atoms with Crippen LogP contribution in [-0.4, -0.2) is 17.4 Å². The smallest absolute Gasteiger partial charge is 0.389 e. The summed E-state index contributed by atoms with van der Waals surface area (Å²) in [6.45, 7) is 1.81. The summed E-state index contributed by atoms with van der Waals surface area (Å²) in [5, 5.41) is 9.01. The molecule has 0 aliphatic carbocycles. The zero-order chi connectivity index (χ0) is 9.61. The van der Waals surface area contributed by atoms with Gasteiger partial charge in [0, 0.05) is 6.42 Å². The second kappa shape index (κ2) is 5.41. The maximum atomic E-state index is 11.6. The van der Waals surface area contributed by atoms with E-state index >= 15 is 0 Å². The summed E-state index contributed by atoms with van der Waals surface area (Å²) in [5.41, 5.74) is 0. The summed E-state index contributed by atoms with van der Waals surface area (Å²) >= 11 is 0. The molecule has 0 aromatic heterocycles. The van der Waals surface area contributed by atoms with Crippen molar-refractivity contribution < 1.29 is 18.3 Å². The number of alkyl halides is 3. The Labute approximate surface area is 70.6 Å². The maximum Gasteiger partial charge on any atom is 0.389 e. The van der Waals surface area contributed by atoms with E-state index in [1.807, 2.05) is 6.92 Å². The summed E-state index contributed by atoms with van der Waals surface area (Å²) in [7, 11) is 0. The van der Waals surface area contributed by atoms with E-state index in [2.05, 4.69) is 0 Å². The highest BCUT2D eigenvalue weighted by Crippen LogP contribution is 2.22. The molecule has 0 aliphatic rings. The van der Waals surface area contributed by atoms with Crippen molar-refractivity contribution in [3.8, 4) is 0 Å². The molecule has 0 bridgehead atoms. The molecule has 0 amide bonds. The van der Waals surface area contributed by atoms with E-state index < -0.39 is 18.7 Å². The lowest BCUT2D eigenvalue weighted by Gasteiger charge is -2.08. The Kier molecular flexibility index (Phi) is 5.29. The van der Waals surface area contributed by atoms with Crippen LogP contribution in [0.3, 0.4) is 0 Å². The molecule has 0 aromatic rings. The number of hydrogen-bond donors (Lipinski definition) is 1. The number of aliphatic hydroxyl groups excluding tert-OH is 1. The molecule has 0 spiro atoms. The highest BCUT2D eigenvalue weighted by molar-refractivity contribution is 4.55. The zero-order valence-corrected chi connectivity index (χ0v) is 7.19. The molecule has 0 fully saturated rings. The third-order valence-electron chi connectivity index (χ3n) is 1.72. The van der Waals surface area contributed by atoms with Crippen LogP contribution in [0.25, 0.3) is 0 Å². The maximum absolute atomic E-state index is 11.6. The highest BCUT2D eigenvalue weighted by Gasteiger charge is 2.25. The van der Waals surface area contributed by atoms with Gasteiger partial charge in [-0.3, -0.25) is 0 Å². The van der Waals surface area contributed by atoms with Crippen LogP contribution in [0, 0.1) is 0 Å². The Bertz CT molecular complexity index is 111. The average molecular weight is 184 g/mol. The van der Waals surface area contributed by atoms with Crippen LogP contribution in [0.2, 0.25) is 0 Å². The molecule has 0 heterocycles. The summed E-state index contributed by atoms with van der Waals surface area (Å²) < 4.78 is 34.8. The Morgan fingerprint density at radius 1 is 1.25 bits per heavy atom. The molecule has 1 atom stereocenters. The van der Waals surface area contributed by atoms with Crippen LogP contribution in [0.1, 0.15) is 39.0 Å². The van der Waals surface area contributed by atoms with Crippen LogP contribution < -0.4 is 0 Å². The average Bonchev–Trinajstić information content (AvgIpc) is 1.96. The summed E-state index contributed by atoms with van der Waals surface area (Å²) in [5.74, 6) is 0. The van der Waals surface area contributed by atoms with Gasteiger partial charge >= 0.3 is 6.18 Å². The molecule has 4 heteroatoms. The molecule has 74 valence electrons. The van der Waals surface area contributed by atoms with Crippen molar-refractivity contribution in [1.82, 2.24) is 0 Å². The van der Waals surface area contributed by atoms with Gasteiger partial charge in [-0.15, -0.1) is 0 Å². The molecular formula is C8H15F3O. The molecule has 0 aromatic carbocycles. The van der Waals surface area contributed by atoms with E-state index in [0.717, 1.165) is 0 Å². The second-order valence-corrected chi connectivity index (χ2v) is 2.92. The van der Waals surface area contributed by atoms with Crippen molar-refractivity contribution >= 4 is 0 Å². The molecule has 0 aliphatic heterocycles. The zero-order valence-electron chi connectivity index (χ0n) is 7.19. The van der Waals surface area contributed by atoms with Crippen LogP contribution in [0.4, 0.5) is 13.2 Å². The lowest BCUT2D eigenvalue weighted by Crippen LogP contribution is -2.08. The van der Waals surface area contributed by atoms with Gasteiger partial charge in [-0.1, -0.05) is 13.3 Å². The van der Waals surface area contributed by atoms with E-state index in [0.29, 0.717) is 19.3 Å². The number of halogens is 3.